The molecule has 1 aliphatic heterocycles. The van der Waals surface area contributed by atoms with E-state index < -0.39 is 0 Å². The summed E-state index contributed by atoms with van der Waals surface area (Å²) in [6.45, 7) is 4.96. The van der Waals surface area contributed by atoms with Gasteiger partial charge in [0.05, 0.1) is 24.3 Å². The van der Waals surface area contributed by atoms with Gasteiger partial charge in [0.15, 0.2) is 0 Å². The number of rotatable bonds is 1. The van der Waals surface area contributed by atoms with Gasteiger partial charge in [-0.3, -0.25) is 4.79 Å². The largest absolute Gasteiger partial charge is 0.507 e. The molecule has 0 saturated carbocycles. The van der Waals surface area contributed by atoms with E-state index in [-0.39, 0.29) is 23.8 Å². The Morgan fingerprint density at radius 1 is 1.50 bits per heavy atom. The fraction of sp³-hybridized carbons (Fsp3) is 0.462. The number of amides is 1. The van der Waals surface area contributed by atoms with Crippen LogP contribution in [0.3, 0.4) is 0 Å². The number of benzene rings is 1. The van der Waals surface area contributed by atoms with E-state index in [9.17, 15) is 9.90 Å². The van der Waals surface area contributed by atoms with Crippen LogP contribution in [0.1, 0.15) is 24.2 Å². The first-order chi connectivity index (χ1) is 8.49. The van der Waals surface area contributed by atoms with E-state index in [0.29, 0.717) is 18.7 Å². The second-order valence-corrected chi connectivity index (χ2v) is 5.53. The van der Waals surface area contributed by atoms with Gasteiger partial charge in [0, 0.05) is 11.0 Å². The summed E-state index contributed by atoms with van der Waals surface area (Å²) in [7, 11) is 0. The highest BCUT2D eigenvalue weighted by molar-refractivity contribution is 9.10. The van der Waals surface area contributed by atoms with Gasteiger partial charge in [0.1, 0.15) is 5.75 Å². The predicted molar refractivity (Wildman–Crippen MR) is 71.7 cm³/mol. The van der Waals surface area contributed by atoms with Crippen LogP contribution in [-0.4, -0.2) is 41.2 Å². The van der Waals surface area contributed by atoms with Crippen molar-refractivity contribution >= 4 is 21.8 Å². The summed E-state index contributed by atoms with van der Waals surface area (Å²) in [4.78, 5) is 14.2. The molecule has 0 aliphatic carbocycles. The molecular weight excluding hydrogens is 298 g/mol. The van der Waals surface area contributed by atoms with Crippen LogP contribution in [0, 0.1) is 0 Å². The first-order valence-corrected chi connectivity index (χ1v) is 6.69. The Morgan fingerprint density at radius 2 is 2.22 bits per heavy atom. The Bertz CT molecular complexity index is 464. The molecule has 1 N–H and O–H groups in total. The van der Waals surface area contributed by atoms with Gasteiger partial charge in [0.25, 0.3) is 5.91 Å². The molecule has 1 aromatic carbocycles. The molecule has 0 aromatic heterocycles. The molecule has 0 spiro atoms. The Kier molecular flexibility index (Phi) is 3.92. The van der Waals surface area contributed by atoms with Crippen LogP contribution in [0.15, 0.2) is 22.7 Å². The van der Waals surface area contributed by atoms with E-state index >= 15 is 0 Å². The lowest BCUT2D eigenvalue weighted by molar-refractivity contribution is -0.0387. The zero-order valence-electron chi connectivity index (χ0n) is 10.4. The maximum absolute atomic E-state index is 12.4. The first-order valence-electron chi connectivity index (χ1n) is 5.90. The van der Waals surface area contributed by atoms with Crippen LogP contribution in [0.2, 0.25) is 0 Å². The van der Waals surface area contributed by atoms with Crippen LogP contribution in [0.4, 0.5) is 0 Å². The molecule has 2 atom stereocenters. The second-order valence-electron chi connectivity index (χ2n) is 4.61. The predicted octanol–water partition coefficient (Wildman–Crippen LogP) is 2.40. The first kappa shape index (κ1) is 13.4. The zero-order chi connectivity index (χ0) is 13.3. The molecule has 1 saturated heterocycles. The number of halogens is 1. The summed E-state index contributed by atoms with van der Waals surface area (Å²) in [5, 5.41) is 9.79. The number of hydrogen-bond acceptors (Lipinski definition) is 3. The Balaban J connectivity index is 2.27. The van der Waals surface area contributed by atoms with E-state index in [1.807, 2.05) is 13.8 Å². The monoisotopic (exact) mass is 313 g/mol. The molecule has 5 heteroatoms. The molecule has 18 heavy (non-hydrogen) atoms. The Labute approximate surface area is 115 Å². The molecule has 98 valence electrons. The number of aromatic hydroxyl groups is 1. The highest BCUT2D eigenvalue weighted by atomic mass is 79.9. The molecule has 1 amide bonds. The van der Waals surface area contributed by atoms with E-state index in [4.69, 9.17) is 4.74 Å². The summed E-state index contributed by atoms with van der Waals surface area (Å²) in [6, 6.07) is 4.89. The maximum atomic E-state index is 12.4. The lowest BCUT2D eigenvalue weighted by Crippen LogP contribution is -2.50. The average Bonchev–Trinajstić information content (AvgIpc) is 2.34. The summed E-state index contributed by atoms with van der Waals surface area (Å²) in [5.74, 6) is -0.147. The van der Waals surface area contributed by atoms with Crippen molar-refractivity contribution in [3.8, 4) is 5.75 Å². The van der Waals surface area contributed by atoms with Gasteiger partial charge in [0.2, 0.25) is 0 Å². The van der Waals surface area contributed by atoms with Gasteiger partial charge in [-0.25, -0.2) is 0 Å². The van der Waals surface area contributed by atoms with Crippen LogP contribution < -0.4 is 0 Å². The molecule has 0 radical (unpaired) electrons. The minimum Gasteiger partial charge on any atom is -0.507 e. The zero-order valence-corrected chi connectivity index (χ0v) is 12.0. The van der Waals surface area contributed by atoms with Crippen molar-refractivity contribution in [3.63, 3.8) is 0 Å². The molecule has 0 bridgehead atoms. The van der Waals surface area contributed by atoms with Crippen molar-refractivity contribution in [3.05, 3.63) is 28.2 Å². The maximum Gasteiger partial charge on any atom is 0.258 e. The number of morpholine rings is 1. The number of carbonyl (C=O) groups excluding carboxylic acids is 1. The van der Waals surface area contributed by atoms with Crippen LogP contribution in [0.5, 0.6) is 5.75 Å². The third-order valence-corrected chi connectivity index (χ3v) is 3.55. The van der Waals surface area contributed by atoms with Crippen molar-refractivity contribution < 1.29 is 14.6 Å². The third kappa shape index (κ3) is 2.67. The number of carbonyl (C=O) groups is 1. The highest BCUT2D eigenvalue weighted by Crippen LogP contribution is 2.25. The van der Waals surface area contributed by atoms with E-state index in [1.54, 1.807) is 17.0 Å². The van der Waals surface area contributed by atoms with Gasteiger partial charge in [-0.15, -0.1) is 0 Å². The Morgan fingerprint density at radius 3 is 2.94 bits per heavy atom. The van der Waals surface area contributed by atoms with Gasteiger partial charge >= 0.3 is 0 Å². The fourth-order valence-electron chi connectivity index (χ4n) is 2.02. The Hall–Kier alpha value is -1.07. The molecular formula is C13H16BrNO3. The van der Waals surface area contributed by atoms with Gasteiger partial charge in [-0.1, -0.05) is 15.9 Å². The van der Waals surface area contributed by atoms with Crippen molar-refractivity contribution in [2.24, 2.45) is 0 Å². The van der Waals surface area contributed by atoms with E-state index in [1.165, 1.54) is 6.07 Å². The summed E-state index contributed by atoms with van der Waals surface area (Å²) in [5.41, 5.74) is 0.324. The second kappa shape index (κ2) is 5.28. The van der Waals surface area contributed by atoms with Crippen LogP contribution in [-0.2, 0) is 4.74 Å². The minimum absolute atomic E-state index is 0.00884. The lowest BCUT2D eigenvalue weighted by atomic mass is 10.1. The molecule has 4 nitrogen and oxygen atoms in total. The molecule has 1 aromatic rings. The average molecular weight is 314 g/mol. The number of ether oxygens (including phenoxy) is 1. The van der Waals surface area contributed by atoms with Crippen LogP contribution >= 0.6 is 15.9 Å². The molecule has 1 aliphatic rings. The normalized spacial score (nSPS) is 24.1. The van der Waals surface area contributed by atoms with Gasteiger partial charge in [-0.2, -0.15) is 0 Å². The van der Waals surface area contributed by atoms with Gasteiger partial charge < -0.3 is 14.7 Å². The molecule has 2 unspecified atom stereocenters. The number of phenolic OH excluding ortho intramolecular Hbond substituents is 1. The third-order valence-electron chi connectivity index (χ3n) is 3.06. The summed E-state index contributed by atoms with van der Waals surface area (Å²) >= 11 is 3.31. The number of nitrogens with zero attached hydrogens (tertiary/aromatic N) is 1. The number of phenols is 1. The quantitative estimate of drug-likeness (QED) is 0.866. The number of hydrogen-bond donors (Lipinski definition) is 1. The topological polar surface area (TPSA) is 49.8 Å². The molecule has 1 fully saturated rings. The van der Waals surface area contributed by atoms with Crippen LogP contribution in [0.25, 0.3) is 0 Å². The van der Waals surface area contributed by atoms with Gasteiger partial charge in [-0.05, 0) is 32.0 Å². The van der Waals surface area contributed by atoms with Crippen molar-refractivity contribution in [2.45, 2.75) is 26.0 Å². The smallest absolute Gasteiger partial charge is 0.258 e. The molecule has 2 rings (SSSR count). The fourth-order valence-corrected chi connectivity index (χ4v) is 2.38. The SMILES string of the molecule is CC1CN(C(=O)c2cc(Br)ccc2O)C(C)CO1. The van der Waals surface area contributed by atoms with Crippen molar-refractivity contribution in [1.82, 2.24) is 4.90 Å². The van der Waals surface area contributed by atoms with Crippen molar-refractivity contribution in [2.75, 3.05) is 13.2 Å². The summed E-state index contributed by atoms with van der Waals surface area (Å²) in [6.07, 6.45) is 0.0273. The molecule has 1 heterocycles. The lowest BCUT2D eigenvalue weighted by Gasteiger charge is -2.36. The van der Waals surface area contributed by atoms with E-state index in [2.05, 4.69) is 15.9 Å². The minimum atomic E-state index is -0.156. The van der Waals surface area contributed by atoms with E-state index in [0.717, 1.165) is 4.47 Å². The standard InChI is InChI=1S/C13H16BrNO3/c1-8-7-18-9(2)6-15(8)13(17)11-5-10(14)3-4-12(11)16/h3-5,8-9,16H,6-7H2,1-2H3. The summed E-state index contributed by atoms with van der Waals surface area (Å²) < 4.78 is 6.27. The van der Waals surface area contributed by atoms with Crippen molar-refractivity contribution in [1.29, 1.82) is 0 Å². The highest BCUT2D eigenvalue weighted by Gasteiger charge is 2.29.